The van der Waals surface area contributed by atoms with E-state index in [4.69, 9.17) is 9.15 Å². The molecule has 0 saturated carbocycles. The molecule has 4 rings (SSSR count). The summed E-state index contributed by atoms with van der Waals surface area (Å²) in [5, 5.41) is 0.253. The molecule has 1 heterocycles. The van der Waals surface area contributed by atoms with E-state index < -0.39 is 27.9 Å². The molecule has 1 N–H and O–H groups in total. The molecule has 0 unspecified atom stereocenters. The average molecular weight is 496 g/mol. The molecular formula is C26H22FNO6S. The first-order valence-corrected chi connectivity index (χ1v) is 12.2. The second-order valence-corrected chi connectivity index (χ2v) is 9.82. The number of carbonyl (C=O) groups excluding carboxylic acids is 1. The molecule has 0 saturated heterocycles. The largest absolute Gasteiger partial charge is 0.460 e. The molecule has 4 aromatic rings. The SMILES string of the molecule is Cc1ccc(S(=O)(=O)N[C@H](C)C(=O)Oc2ccc3c(=O)c(-c4ccc(F)cc4)c(C)oc3c2)cc1. The number of nitrogens with one attached hydrogen (secondary N) is 1. The average Bonchev–Trinajstić information content (AvgIpc) is 2.80. The molecule has 0 spiro atoms. The normalized spacial score (nSPS) is 12.5. The zero-order chi connectivity index (χ0) is 25.3. The summed E-state index contributed by atoms with van der Waals surface area (Å²) in [7, 11) is -3.93. The van der Waals surface area contributed by atoms with Gasteiger partial charge >= 0.3 is 5.97 Å². The van der Waals surface area contributed by atoms with Gasteiger partial charge in [0.25, 0.3) is 0 Å². The van der Waals surface area contributed by atoms with Crippen molar-refractivity contribution in [2.24, 2.45) is 0 Å². The topological polar surface area (TPSA) is 103 Å². The van der Waals surface area contributed by atoms with Crippen LogP contribution in [0.2, 0.25) is 0 Å². The Labute approximate surface area is 201 Å². The molecule has 0 amide bonds. The highest BCUT2D eigenvalue weighted by Crippen LogP contribution is 2.27. The molecule has 0 aliphatic rings. The minimum absolute atomic E-state index is 0.0302. The first kappa shape index (κ1) is 24.3. The zero-order valence-electron chi connectivity index (χ0n) is 19.2. The molecule has 0 bridgehead atoms. The third kappa shape index (κ3) is 5.16. The van der Waals surface area contributed by atoms with Crippen LogP contribution in [0.4, 0.5) is 4.39 Å². The number of esters is 1. The smallest absolute Gasteiger partial charge is 0.329 e. The van der Waals surface area contributed by atoms with E-state index in [1.807, 2.05) is 6.92 Å². The van der Waals surface area contributed by atoms with E-state index in [0.717, 1.165) is 5.56 Å². The lowest BCUT2D eigenvalue weighted by Gasteiger charge is -2.14. The fourth-order valence-electron chi connectivity index (χ4n) is 3.57. The van der Waals surface area contributed by atoms with Crippen LogP contribution in [0.5, 0.6) is 5.75 Å². The summed E-state index contributed by atoms with van der Waals surface area (Å²) in [6.45, 7) is 4.81. The summed E-state index contributed by atoms with van der Waals surface area (Å²) < 4.78 is 51.8. The van der Waals surface area contributed by atoms with Gasteiger partial charge < -0.3 is 9.15 Å². The second kappa shape index (κ2) is 9.44. The van der Waals surface area contributed by atoms with Crippen LogP contribution in [0.25, 0.3) is 22.1 Å². The van der Waals surface area contributed by atoms with E-state index in [9.17, 15) is 22.4 Å². The second-order valence-electron chi connectivity index (χ2n) is 8.10. The molecule has 7 nitrogen and oxygen atoms in total. The van der Waals surface area contributed by atoms with Gasteiger partial charge in [-0.2, -0.15) is 4.72 Å². The Balaban J connectivity index is 1.56. The van der Waals surface area contributed by atoms with E-state index in [1.54, 1.807) is 19.1 Å². The minimum atomic E-state index is -3.93. The summed E-state index contributed by atoms with van der Waals surface area (Å²) in [5.74, 6) is -0.849. The Kier molecular flexibility index (Phi) is 6.56. The molecule has 0 fully saturated rings. The molecule has 3 aromatic carbocycles. The molecule has 0 radical (unpaired) electrons. The van der Waals surface area contributed by atoms with E-state index >= 15 is 0 Å². The standard InChI is InChI=1S/C26H22FNO6S/c1-15-4-11-21(12-5-15)35(31,32)28-16(2)26(30)34-20-10-13-22-23(14-20)33-17(3)24(25(22)29)18-6-8-19(27)9-7-18/h4-14,16,28H,1-3H3/t16-/m1/s1. The van der Waals surface area contributed by atoms with Crippen LogP contribution in [-0.4, -0.2) is 20.4 Å². The number of carbonyl (C=O) groups is 1. The zero-order valence-corrected chi connectivity index (χ0v) is 20.0. The van der Waals surface area contributed by atoms with Crippen LogP contribution in [0.15, 0.2) is 80.8 Å². The number of hydrogen-bond acceptors (Lipinski definition) is 6. The van der Waals surface area contributed by atoms with Crippen LogP contribution in [0.3, 0.4) is 0 Å². The van der Waals surface area contributed by atoms with Gasteiger partial charge in [0.1, 0.15) is 29.0 Å². The third-order valence-corrected chi connectivity index (χ3v) is 6.96. The van der Waals surface area contributed by atoms with Crippen molar-refractivity contribution in [3.8, 4) is 16.9 Å². The van der Waals surface area contributed by atoms with Gasteiger partial charge in [0.15, 0.2) is 0 Å². The van der Waals surface area contributed by atoms with E-state index in [-0.39, 0.29) is 27.0 Å². The summed E-state index contributed by atoms with van der Waals surface area (Å²) in [6, 6.07) is 14.8. The van der Waals surface area contributed by atoms with Crippen molar-refractivity contribution in [3.63, 3.8) is 0 Å². The highest BCUT2D eigenvalue weighted by Gasteiger charge is 2.24. The quantitative estimate of drug-likeness (QED) is 0.312. The molecule has 1 aromatic heterocycles. The van der Waals surface area contributed by atoms with Crippen molar-refractivity contribution >= 4 is 27.0 Å². The lowest BCUT2D eigenvalue weighted by Crippen LogP contribution is -2.40. The van der Waals surface area contributed by atoms with Crippen molar-refractivity contribution in [1.82, 2.24) is 4.72 Å². The molecule has 0 aliphatic carbocycles. The van der Waals surface area contributed by atoms with Crippen LogP contribution < -0.4 is 14.9 Å². The van der Waals surface area contributed by atoms with Gasteiger partial charge in [0.2, 0.25) is 15.5 Å². The van der Waals surface area contributed by atoms with Crippen molar-refractivity contribution < 1.29 is 26.8 Å². The minimum Gasteiger partial charge on any atom is -0.460 e. The molecule has 35 heavy (non-hydrogen) atoms. The first-order chi connectivity index (χ1) is 16.5. The number of hydrogen-bond donors (Lipinski definition) is 1. The van der Waals surface area contributed by atoms with Gasteiger partial charge in [-0.15, -0.1) is 0 Å². The van der Waals surface area contributed by atoms with Crippen molar-refractivity contribution in [2.45, 2.75) is 31.7 Å². The predicted octanol–water partition coefficient (Wildman–Crippen LogP) is 4.49. The van der Waals surface area contributed by atoms with Gasteiger partial charge in [-0.25, -0.2) is 17.6 Å². The molecular weight excluding hydrogens is 473 g/mol. The fourth-order valence-corrected chi connectivity index (χ4v) is 4.76. The highest BCUT2D eigenvalue weighted by atomic mass is 32.2. The van der Waals surface area contributed by atoms with Gasteiger partial charge in [0, 0.05) is 6.07 Å². The number of rotatable bonds is 6. The Bertz CT molecular complexity index is 1580. The lowest BCUT2D eigenvalue weighted by molar-refractivity contribution is -0.135. The van der Waals surface area contributed by atoms with Gasteiger partial charge in [-0.1, -0.05) is 29.8 Å². The van der Waals surface area contributed by atoms with Crippen LogP contribution in [0.1, 0.15) is 18.2 Å². The van der Waals surface area contributed by atoms with Crippen molar-refractivity contribution in [3.05, 3.63) is 94.1 Å². The van der Waals surface area contributed by atoms with E-state index in [1.165, 1.54) is 61.5 Å². The number of sulfonamides is 1. The summed E-state index contributed by atoms with van der Waals surface area (Å²) in [6.07, 6.45) is 0. The molecule has 0 aliphatic heterocycles. The van der Waals surface area contributed by atoms with E-state index in [2.05, 4.69) is 4.72 Å². The Morgan fingerprint density at radius 3 is 2.31 bits per heavy atom. The Hall–Kier alpha value is -3.82. The predicted molar refractivity (Wildman–Crippen MR) is 129 cm³/mol. The number of fused-ring (bicyclic) bond motifs is 1. The maximum Gasteiger partial charge on any atom is 0.329 e. The lowest BCUT2D eigenvalue weighted by atomic mass is 10.0. The van der Waals surface area contributed by atoms with Crippen molar-refractivity contribution in [1.29, 1.82) is 0 Å². The molecule has 1 atom stereocenters. The van der Waals surface area contributed by atoms with Gasteiger partial charge in [-0.05, 0) is 62.7 Å². The Morgan fingerprint density at radius 1 is 1.00 bits per heavy atom. The van der Waals surface area contributed by atoms with Crippen LogP contribution >= 0.6 is 0 Å². The molecule has 180 valence electrons. The number of aryl methyl sites for hydroxylation is 2. The first-order valence-electron chi connectivity index (χ1n) is 10.7. The van der Waals surface area contributed by atoms with Crippen LogP contribution in [0, 0.1) is 19.7 Å². The summed E-state index contributed by atoms with van der Waals surface area (Å²) >= 11 is 0. The number of benzene rings is 3. The maximum atomic E-state index is 13.3. The Morgan fingerprint density at radius 2 is 1.66 bits per heavy atom. The summed E-state index contributed by atoms with van der Waals surface area (Å²) in [5.41, 5.74) is 1.61. The summed E-state index contributed by atoms with van der Waals surface area (Å²) in [4.78, 5) is 25.6. The fraction of sp³-hybridized carbons (Fsp3) is 0.154. The van der Waals surface area contributed by atoms with E-state index in [0.29, 0.717) is 16.9 Å². The number of halogens is 1. The van der Waals surface area contributed by atoms with Gasteiger partial charge in [-0.3, -0.25) is 4.79 Å². The third-order valence-electron chi connectivity index (χ3n) is 5.41. The molecule has 9 heteroatoms. The monoisotopic (exact) mass is 495 g/mol. The highest BCUT2D eigenvalue weighted by molar-refractivity contribution is 7.89. The van der Waals surface area contributed by atoms with Crippen LogP contribution in [-0.2, 0) is 14.8 Å². The van der Waals surface area contributed by atoms with Gasteiger partial charge in [0.05, 0.1) is 15.8 Å². The maximum absolute atomic E-state index is 13.3. The number of ether oxygens (including phenoxy) is 1. The van der Waals surface area contributed by atoms with Crippen molar-refractivity contribution in [2.75, 3.05) is 0 Å².